The van der Waals surface area contributed by atoms with Gasteiger partial charge in [0.2, 0.25) is 0 Å². The quantitative estimate of drug-likeness (QED) is 0.0873. The number of ketones is 2. The first-order valence-electron chi connectivity index (χ1n) is 14.9. The molecule has 0 unspecified atom stereocenters. The van der Waals surface area contributed by atoms with Crippen LogP contribution in [0.5, 0.6) is 11.5 Å². The molecule has 2 aromatic rings. The number of carbonyl (C=O) groups is 2. The van der Waals surface area contributed by atoms with Gasteiger partial charge in [0.1, 0.15) is 11.5 Å². The van der Waals surface area contributed by atoms with Gasteiger partial charge in [-0.15, -0.1) is 0 Å². The summed E-state index contributed by atoms with van der Waals surface area (Å²) in [4.78, 5) is 23.6. The molecular weight excluding hydrogens is 686 g/mol. The molecule has 0 heterocycles. The summed E-state index contributed by atoms with van der Waals surface area (Å²) in [5.74, 6) is 2.07. The molecule has 0 spiro atoms. The normalized spacial score (nSPS) is 10.8. The van der Waals surface area contributed by atoms with Crippen molar-refractivity contribution in [1.29, 1.82) is 0 Å². The largest absolute Gasteiger partial charge is 0.524 e. The Morgan fingerprint density at radius 1 is 0.721 bits per heavy atom. The predicted molar refractivity (Wildman–Crippen MR) is 171 cm³/mol. The number of hydrogen-bond acceptors (Lipinski definition) is 4. The molecule has 2 radical (unpaired) electrons. The Bertz CT molecular complexity index is 1160. The monoisotopic (exact) mass is 736 g/mol. The average molecular weight is 737 g/mol. The second-order valence-electron chi connectivity index (χ2n) is 11.6. The van der Waals surface area contributed by atoms with E-state index >= 15 is 0 Å². The summed E-state index contributed by atoms with van der Waals surface area (Å²) < 4.78 is 12.4. The van der Waals surface area contributed by atoms with E-state index in [9.17, 15) is 9.59 Å². The van der Waals surface area contributed by atoms with Crippen LogP contribution in [0, 0.1) is 26.7 Å². The molecule has 2 aromatic carbocycles. The van der Waals surface area contributed by atoms with E-state index in [1.165, 1.54) is 22.3 Å². The maximum absolute atomic E-state index is 11.8. The molecule has 4 nitrogen and oxygen atoms in total. The zero-order valence-electron chi connectivity index (χ0n) is 27.8. The second kappa shape index (κ2) is 20.2. The summed E-state index contributed by atoms with van der Waals surface area (Å²) in [7, 11) is 0. The van der Waals surface area contributed by atoms with E-state index in [1.54, 1.807) is 13.8 Å². The number of aryl methyl sites for hydroxylation is 4. The predicted octanol–water partition coefficient (Wildman–Crippen LogP) is 8.77. The number of ether oxygens (including phenoxy) is 2. The first-order chi connectivity index (χ1) is 19.3. The van der Waals surface area contributed by atoms with Crippen LogP contribution in [0.15, 0.2) is 48.6 Å². The van der Waals surface area contributed by atoms with Crippen LogP contribution < -0.4 is 9.47 Å². The number of benzene rings is 2. The molecule has 0 aliphatic carbocycles. The van der Waals surface area contributed by atoms with Crippen molar-refractivity contribution in [3.8, 4) is 11.5 Å². The van der Waals surface area contributed by atoms with Crippen LogP contribution >= 0.6 is 0 Å². The van der Waals surface area contributed by atoms with Gasteiger partial charge in [0.25, 0.3) is 0 Å². The molecule has 0 atom stereocenters. The second-order valence-corrected chi connectivity index (χ2v) is 11.6. The molecule has 0 saturated heterocycles. The van der Waals surface area contributed by atoms with Crippen LogP contribution in [0.3, 0.4) is 0 Å². The maximum atomic E-state index is 11.8. The zero-order valence-corrected chi connectivity index (χ0v) is 33.5. The van der Waals surface area contributed by atoms with Gasteiger partial charge in [-0.1, -0.05) is 65.1 Å². The van der Waals surface area contributed by atoms with Crippen LogP contribution in [0.1, 0.15) is 101 Å². The Kier molecular flexibility index (Phi) is 19.8. The van der Waals surface area contributed by atoms with Crippen LogP contribution in [0.25, 0.3) is 0 Å². The Labute approximate surface area is 312 Å². The number of allylic oxidation sites excluding steroid dienone is 2. The van der Waals surface area contributed by atoms with Gasteiger partial charge in [-0.3, -0.25) is 22.4 Å². The summed E-state index contributed by atoms with van der Waals surface area (Å²) in [6, 6.07) is 9.04. The molecular formula is C37H50O4Y2-2. The standard InChI is InChI=1S/C37H50O4.2Y/c1-11-29-23-31(21-27(7)35(29)40-19-15-13-17-33(38)25(3)4)37(9,10)32-22-28(8)36(30(12-2)24-32)41-20-16-14-18-34(39)26(5)6;;/h15-16,21-24H,3,5,11-14,17-20H2,1-2,4,6-10H3;;/q-2;;. The molecule has 6 heteroatoms. The summed E-state index contributed by atoms with van der Waals surface area (Å²) in [6.45, 7) is 25.0. The van der Waals surface area contributed by atoms with Gasteiger partial charge in [-0.05, 0) is 111 Å². The Morgan fingerprint density at radius 2 is 1.07 bits per heavy atom. The molecule has 0 N–H and O–H groups in total. The van der Waals surface area contributed by atoms with E-state index < -0.39 is 0 Å². The fourth-order valence-electron chi connectivity index (χ4n) is 4.86. The fourth-order valence-corrected chi connectivity index (χ4v) is 4.86. The van der Waals surface area contributed by atoms with E-state index in [0.717, 1.165) is 35.5 Å². The number of unbranched alkanes of at least 4 members (excludes halogenated alkanes) is 2. The molecule has 0 fully saturated rings. The van der Waals surface area contributed by atoms with Crippen LogP contribution in [-0.2, 0) is 93.3 Å². The van der Waals surface area contributed by atoms with E-state index in [-0.39, 0.29) is 82.4 Å². The molecule has 0 bridgehead atoms. The minimum absolute atomic E-state index is 0. The third kappa shape index (κ3) is 12.4. The minimum atomic E-state index is -0.218. The van der Waals surface area contributed by atoms with Crippen molar-refractivity contribution in [2.45, 2.75) is 99.3 Å². The molecule has 230 valence electrons. The third-order valence-corrected chi connectivity index (χ3v) is 7.70. The van der Waals surface area contributed by atoms with Crippen LogP contribution in [0.4, 0.5) is 0 Å². The Balaban J connectivity index is 0.00000882. The van der Waals surface area contributed by atoms with Crippen LogP contribution in [-0.4, -0.2) is 24.8 Å². The van der Waals surface area contributed by atoms with Gasteiger partial charge in [0.15, 0.2) is 11.6 Å². The summed E-state index contributed by atoms with van der Waals surface area (Å²) in [5, 5.41) is 0. The van der Waals surface area contributed by atoms with Gasteiger partial charge in [-0.25, -0.2) is 0 Å². The third-order valence-electron chi connectivity index (χ3n) is 7.70. The SMILES string of the molecule is C=C(C)C(=O)CC[CH-]COc1c(C)cc(C(C)(C)c2cc(C)c(OC[CH-]CCC(=O)C(=C)C)c(CC)c2)cc1CC.[Y].[Y]. The smallest absolute Gasteiger partial charge is 0.155 e. The van der Waals surface area contributed by atoms with Gasteiger partial charge < -0.3 is 9.47 Å². The zero-order chi connectivity index (χ0) is 30.7. The summed E-state index contributed by atoms with van der Waals surface area (Å²) >= 11 is 0. The molecule has 0 amide bonds. The van der Waals surface area contributed by atoms with E-state index in [1.807, 2.05) is 12.8 Å². The summed E-state index contributed by atoms with van der Waals surface area (Å²) in [5.41, 5.74) is 8.10. The molecule has 0 aliphatic rings. The van der Waals surface area contributed by atoms with Crippen molar-refractivity contribution in [3.63, 3.8) is 0 Å². The number of hydrogen-bond donors (Lipinski definition) is 0. The molecule has 0 aliphatic heterocycles. The maximum Gasteiger partial charge on any atom is 0.155 e. The molecule has 2 rings (SSSR count). The van der Waals surface area contributed by atoms with Crippen molar-refractivity contribution in [2.75, 3.05) is 13.2 Å². The molecule has 0 aromatic heterocycles. The fraction of sp³-hybridized carbons (Fsp3) is 0.459. The van der Waals surface area contributed by atoms with Gasteiger partial charge in [0, 0.05) is 70.8 Å². The first-order valence-corrected chi connectivity index (χ1v) is 14.9. The van der Waals surface area contributed by atoms with Crippen molar-refractivity contribution in [3.05, 3.63) is 94.8 Å². The van der Waals surface area contributed by atoms with Crippen molar-refractivity contribution in [2.24, 2.45) is 0 Å². The van der Waals surface area contributed by atoms with E-state index in [0.29, 0.717) is 50.0 Å². The minimum Gasteiger partial charge on any atom is -0.524 e. The van der Waals surface area contributed by atoms with Crippen molar-refractivity contribution >= 4 is 11.6 Å². The van der Waals surface area contributed by atoms with Crippen LogP contribution in [0.2, 0.25) is 0 Å². The molecule has 0 saturated carbocycles. The average Bonchev–Trinajstić information content (AvgIpc) is 2.92. The molecule has 43 heavy (non-hydrogen) atoms. The van der Waals surface area contributed by atoms with Gasteiger partial charge >= 0.3 is 0 Å². The number of rotatable bonds is 18. The summed E-state index contributed by atoms with van der Waals surface area (Å²) in [6.07, 6.45) is 8.10. The van der Waals surface area contributed by atoms with E-state index in [2.05, 4.69) is 79.0 Å². The number of carbonyl (C=O) groups excluding carboxylic acids is 2. The first kappa shape index (κ1) is 42.1. The van der Waals surface area contributed by atoms with Crippen molar-refractivity contribution < 1.29 is 84.5 Å². The Hall–Kier alpha value is -0.932. The number of Topliss-reactive ketones (excluding diaryl/α,β-unsaturated/α-hetero) is 2. The topological polar surface area (TPSA) is 52.6 Å². The van der Waals surface area contributed by atoms with Gasteiger partial charge in [0.05, 0.1) is 0 Å². The Morgan fingerprint density at radius 3 is 1.37 bits per heavy atom. The van der Waals surface area contributed by atoms with Crippen molar-refractivity contribution in [1.82, 2.24) is 0 Å². The van der Waals surface area contributed by atoms with E-state index in [4.69, 9.17) is 9.47 Å². The van der Waals surface area contributed by atoms with Gasteiger partial charge in [-0.2, -0.15) is 12.8 Å².